The third-order valence-electron chi connectivity index (χ3n) is 3.87. The van der Waals surface area contributed by atoms with Crippen LogP contribution in [0.1, 0.15) is 24.6 Å². The van der Waals surface area contributed by atoms with E-state index < -0.39 is 0 Å². The summed E-state index contributed by atoms with van der Waals surface area (Å²) >= 11 is 0. The maximum atomic E-state index is 12.8. The zero-order chi connectivity index (χ0) is 14.7. The Morgan fingerprint density at radius 2 is 2.17 bits per heavy atom. The van der Waals surface area contributed by atoms with Crippen LogP contribution in [0.4, 0.5) is 0 Å². The number of pyridine rings is 1. The van der Waals surface area contributed by atoms with Gasteiger partial charge >= 0.3 is 0 Å². The van der Waals surface area contributed by atoms with Crippen LogP contribution in [0.5, 0.6) is 0 Å². The van der Waals surface area contributed by atoms with Gasteiger partial charge < -0.3 is 10.2 Å². The average molecular weight is 358 g/mol. The number of carbonyl (C=O) groups excluding carboxylic acids is 1. The summed E-state index contributed by atoms with van der Waals surface area (Å²) in [6.45, 7) is 4.15. The number of nitrogens with one attached hydrogen (secondary N) is 1. The van der Waals surface area contributed by atoms with Crippen LogP contribution in [0, 0.1) is 0 Å². The van der Waals surface area contributed by atoms with Gasteiger partial charge in [-0.25, -0.2) is 0 Å². The second-order valence-corrected chi connectivity index (χ2v) is 5.20. The van der Waals surface area contributed by atoms with Crippen molar-refractivity contribution in [2.75, 3.05) is 19.6 Å². The molecule has 0 radical (unpaired) electrons. The minimum Gasteiger partial charge on any atom is -0.331 e. The van der Waals surface area contributed by atoms with Gasteiger partial charge in [-0.05, 0) is 24.6 Å². The fraction of sp³-hybridized carbons (Fsp3) is 0.400. The van der Waals surface area contributed by atoms with Crippen LogP contribution in [0.3, 0.4) is 0 Å². The minimum atomic E-state index is -0.294. The van der Waals surface area contributed by atoms with Gasteiger partial charge in [0.25, 0.3) is 0 Å². The van der Waals surface area contributed by atoms with Crippen molar-refractivity contribution in [2.24, 2.45) is 0 Å². The molecule has 0 spiro atoms. The molecule has 1 fully saturated rings. The highest BCUT2D eigenvalue weighted by Crippen LogP contribution is 2.24. The van der Waals surface area contributed by atoms with Crippen LogP contribution in [0.25, 0.3) is 0 Å². The molecular formula is C15H21Cl2N5O. The summed E-state index contributed by atoms with van der Waals surface area (Å²) in [6, 6.07) is 5.49. The van der Waals surface area contributed by atoms with Gasteiger partial charge in [0.2, 0.25) is 5.91 Å². The van der Waals surface area contributed by atoms with Gasteiger partial charge in [-0.1, -0.05) is 6.07 Å². The summed E-state index contributed by atoms with van der Waals surface area (Å²) in [4.78, 5) is 18.9. The van der Waals surface area contributed by atoms with E-state index in [9.17, 15) is 4.79 Å². The third-order valence-corrected chi connectivity index (χ3v) is 3.87. The number of hydrogen-bond acceptors (Lipinski definition) is 4. The van der Waals surface area contributed by atoms with Crippen molar-refractivity contribution in [3.8, 4) is 0 Å². The van der Waals surface area contributed by atoms with E-state index in [1.165, 1.54) is 0 Å². The Bertz CT molecular complexity index is 593. The maximum absolute atomic E-state index is 12.8. The molecule has 1 aliphatic heterocycles. The Labute approximate surface area is 148 Å². The van der Waals surface area contributed by atoms with Crippen LogP contribution >= 0.6 is 24.8 Å². The van der Waals surface area contributed by atoms with Gasteiger partial charge in [0.1, 0.15) is 6.04 Å². The summed E-state index contributed by atoms with van der Waals surface area (Å²) in [5, 5.41) is 7.52. The molecule has 0 aliphatic carbocycles. The number of rotatable bonds is 3. The molecule has 0 aromatic carbocycles. The molecule has 0 saturated carbocycles. The smallest absolute Gasteiger partial charge is 0.247 e. The monoisotopic (exact) mass is 357 g/mol. The van der Waals surface area contributed by atoms with E-state index >= 15 is 0 Å². The number of halogens is 2. The van der Waals surface area contributed by atoms with E-state index in [-0.39, 0.29) is 42.8 Å². The second-order valence-electron chi connectivity index (χ2n) is 5.20. The molecule has 3 heterocycles. The van der Waals surface area contributed by atoms with Crippen molar-refractivity contribution < 1.29 is 4.79 Å². The van der Waals surface area contributed by atoms with E-state index in [4.69, 9.17) is 0 Å². The van der Waals surface area contributed by atoms with E-state index in [1.54, 1.807) is 17.1 Å². The fourth-order valence-corrected chi connectivity index (χ4v) is 2.70. The topological polar surface area (TPSA) is 63.1 Å². The molecule has 2 aromatic heterocycles. The number of piperazine rings is 1. The van der Waals surface area contributed by atoms with Gasteiger partial charge in [0.15, 0.2) is 0 Å². The van der Waals surface area contributed by atoms with Crippen LogP contribution in [-0.4, -0.2) is 45.2 Å². The van der Waals surface area contributed by atoms with Gasteiger partial charge in [-0.2, -0.15) is 5.10 Å². The van der Waals surface area contributed by atoms with E-state index in [0.29, 0.717) is 6.54 Å². The number of carbonyl (C=O) groups is 1. The molecule has 1 N–H and O–H groups in total. The minimum absolute atomic E-state index is 0. The molecule has 1 saturated heterocycles. The first-order chi connectivity index (χ1) is 10.3. The number of amides is 1. The molecule has 1 aliphatic rings. The molecule has 126 valence electrons. The normalized spacial score (nSPS) is 18.5. The Kier molecular flexibility index (Phi) is 7.48. The first-order valence-corrected chi connectivity index (χ1v) is 7.17. The van der Waals surface area contributed by atoms with E-state index in [0.717, 1.165) is 18.7 Å². The van der Waals surface area contributed by atoms with Gasteiger partial charge in [0, 0.05) is 44.4 Å². The molecule has 1 amide bonds. The molecule has 8 heteroatoms. The lowest BCUT2D eigenvalue weighted by Crippen LogP contribution is -2.50. The van der Waals surface area contributed by atoms with Crippen LogP contribution in [-0.2, 0) is 4.79 Å². The molecule has 2 aromatic rings. The van der Waals surface area contributed by atoms with E-state index in [2.05, 4.69) is 15.4 Å². The quantitative estimate of drug-likeness (QED) is 0.910. The third kappa shape index (κ3) is 4.22. The summed E-state index contributed by atoms with van der Waals surface area (Å²) < 4.78 is 1.70. The average Bonchev–Trinajstić information content (AvgIpc) is 3.09. The highest BCUT2D eigenvalue weighted by Gasteiger charge is 2.31. The fourth-order valence-electron chi connectivity index (χ4n) is 2.70. The highest BCUT2D eigenvalue weighted by atomic mass is 35.5. The Hall–Kier alpha value is -1.63. The lowest BCUT2D eigenvalue weighted by molar-refractivity contribution is -0.138. The summed E-state index contributed by atoms with van der Waals surface area (Å²) in [5.74, 6) is 0.0917. The van der Waals surface area contributed by atoms with E-state index in [1.807, 2.05) is 42.4 Å². The van der Waals surface area contributed by atoms with Crippen LogP contribution < -0.4 is 5.32 Å². The predicted molar refractivity (Wildman–Crippen MR) is 93.0 cm³/mol. The van der Waals surface area contributed by atoms with Crippen molar-refractivity contribution in [1.29, 1.82) is 0 Å². The van der Waals surface area contributed by atoms with Crippen molar-refractivity contribution in [2.45, 2.75) is 19.0 Å². The standard InChI is InChI=1S/C15H19N5O.2ClH/c1-12(20-8-3-6-18-20)15(21)19-9-7-17-11-14(19)13-4-2-5-16-10-13;;/h2-6,8,10,12,14,17H,7,9,11H2,1H3;2*1H. The van der Waals surface area contributed by atoms with Gasteiger partial charge in [-0.15, -0.1) is 24.8 Å². The first kappa shape index (κ1) is 19.4. The molecule has 2 unspecified atom stereocenters. The summed E-state index contributed by atoms with van der Waals surface area (Å²) in [7, 11) is 0. The molecule has 3 rings (SSSR count). The molecule has 23 heavy (non-hydrogen) atoms. The number of hydrogen-bond donors (Lipinski definition) is 1. The zero-order valence-corrected chi connectivity index (χ0v) is 14.5. The summed E-state index contributed by atoms with van der Waals surface area (Å²) in [6.07, 6.45) is 7.10. The highest BCUT2D eigenvalue weighted by molar-refractivity contribution is 5.85. The second kappa shape index (κ2) is 8.86. The largest absolute Gasteiger partial charge is 0.331 e. The van der Waals surface area contributed by atoms with Crippen LogP contribution in [0.15, 0.2) is 43.0 Å². The SMILES string of the molecule is CC(C(=O)N1CCNCC1c1cccnc1)n1cccn1.Cl.Cl. The molecular weight excluding hydrogens is 337 g/mol. The number of aromatic nitrogens is 3. The van der Waals surface area contributed by atoms with Crippen molar-refractivity contribution in [3.05, 3.63) is 48.5 Å². The Morgan fingerprint density at radius 3 is 2.83 bits per heavy atom. The van der Waals surface area contributed by atoms with Crippen molar-refractivity contribution in [1.82, 2.24) is 25.0 Å². The summed E-state index contributed by atoms with van der Waals surface area (Å²) in [5.41, 5.74) is 1.06. The maximum Gasteiger partial charge on any atom is 0.247 e. The number of nitrogens with zero attached hydrogens (tertiary/aromatic N) is 4. The van der Waals surface area contributed by atoms with Gasteiger partial charge in [0.05, 0.1) is 6.04 Å². The lowest BCUT2D eigenvalue weighted by Gasteiger charge is -2.37. The van der Waals surface area contributed by atoms with Gasteiger partial charge in [-0.3, -0.25) is 14.5 Å². The molecule has 0 bridgehead atoms. The zero-order valence-electron chi connectivity index (χ0n) is 12.8. The molecule has 6 nitrogen and oxygen atoms in total. The Balaban J connectivity index is 0.00000132. The van der Waals surface area contributed by atoms with Crippen molar-refractivity contribution >= 4 is 30.7 Å². The Morgan fingerprint density at radius 1 is 1.35 bits per heavy atom. The predicted octanol–water partition coefficient (Wildman–Crippen LogP) is 1.86. The first-order valence-electron chi connectivity index (χ1n) is 7.17. The molecule has 2 atom stereocenters. The van der Waals surface area contributed by atoms with Crippen molar-refractivity contribution in [3.63, 3.8) is 0 Å². The van der Waals surface area contributed by atoms with Crippen LogP contribution in [0.2, 0.25) is 0 Å². The lowest BCUT2D eigenvalue weighted by atomic mass is 10.0.